The summed E-state index contributed by atoms with van der Waals surface area (Å²) >= 11 is 0. The first-order chi connectivity index (χ1) is 14.4. The molecule has 0 amide bonds. The number of nitrogens with one attached hydrogen (secondary N) is 1. The number of benzene rings is 3. The van der Waals surface area contributed by atoms with E-state index in [1.54, 1.807) is 66.7 Å². The van der Waals surface area contributed by atoms with Crippen molar-refractivity contribution in [3.05, 3.63) is 89.5 Å². The lowest BCUT2D eigenvalue weighted by atomic mass is 10.1. The normalized spacial score (nSPS) is 12.8. The van der Waals surface area contributed by atoms with Crippen LogP contribution in [0.3, 0.4) is 0 Å². The molecule has 7 heteroatoms. The predicted molar refractivity (Wildman–Crippen MR) is 114 cm³/mol. The van der Waals surface area contributed by atoms with Crippen LogP contribution in [0.25, 0.3) is 6.08 Å². The topological polar surface area (TPSA) is 81.7 Å². The summed E-state index contributed by atoms with van der Waals surface area (Å²) < 4.78 is 38.0. The van der Waals surface area contributed by atoms with E-state index in [-0.39, 0.29) is 17.5 Å². The summed E-state index contributed by atoms with van der Waals surface area (Å²) in [7, 11) is -3.69. The smallest absolute Gasteiger partial charge is 0.261 e. The average Bonchev–Trinajstić information content (AvgIpc) is 3.20. The number of ether oxygens (including phenoxy) is 2. The van der Waals surface area contributed by atoms with E-state index in [0.29, 0.717) is 22.7 Å². The van der Waals surface area contributed by atoms with Gasteiger partial charge < -0.3 is 9.47 Å². The van der Waals surface area contributed by atoms with E-state index in [1.165, 1.54) is 6.08 Å². The number of fused-ring (bicyclic) bond motifs is 1. The Kier molecular flexibility index (Phi) is 5.29. The molecule has 0 saturated carbocycles. The molecule has 152 valence electrons. The third-order valence-electron chi connectivity index (χ3n) is 4.58. The molecule has 0 aromatic heterocycles. The van der Waals surface area contributed by atoms with Crippen LogP contribution in [0, 0.1) is 6.92 Å². The van der Waals surface area contributed by atoms with Gasteiger partial charge >= 0.3 is 0 Å². The number of hydrogen-bond acceptors (Lipinski definition) is 5. The first kappa shape index (κ1) is 19.7. The minimum Gasteiger partial charge on any atom is -0.454 e. The molecule has 0 atom stereocenters. The van der Waals surface area contributed by atoms with Crippen LogP contribution < -0.4 is 14.2 Å². The monoisotopic (exact) mass is 421 g/mol. The number of rotatable bonds is 6. The fourth-order valence-electron chi connectivity index (χ4n) is 2.92. The van der Waals surface area contributed by atoms with Gasteiger partial charge in [0.05, 0.1) is 4.90 Å². The molecule has 1 N–H and O–H groups in total. The van der Waals surface area contributed by atoms with Crippen LogP contribution in [-0.2, 0) is 10.0 Å². The van der Waals surface area contributed by atoms with Crippen LogP contribution in [0.15, 0.2) is 77.7 Å². The van der Waals surface area contributed by atoms with Crippen LogP contribution in [0.1, 0.15) is 21.5 Å². The summed E-state index contributed by atoms with van der Waals surface area (Å²) in [5.74, 6) is 1.14. The van der Waals surface area contributed by atoms with E-state index in [0.717, 1.165) is 11.1 Å². The highest BCUT2D eigenvalue weighted by atomic mass is 32.2. The Hall–Kier alpha value is -3.58. The van der Waals surface area contributed by atoms with Gasteiger partial charge in [-0.25, -0.2) is 8.42 Å². The summed E-state index contributed by atoms with van der Waals surface area (Å²) in [6.45, 7) is 2.09. The maximum absolute atomic E-state index is 12.5. The lowest BCUT2D eigenvalue weighted by Gasteiger charge is -2.08. The van der Waals surface area contributed by atoms with Crippen molar-refractivity contribution in [2.75, 3.05) is 11.5 Å². The molecule has 0 radical (unpaired) electrons. The van der Waals surface area contributed by atoms with Crippen molar-refractivity contribution >= 4 is 27.6 Å². The van der Waals surface area contributed by atoms with Gasteiger partial charge in [0.15, 0.2) is 17.3 Å². The van der Waals surface area contributed by atoms with Crippen LogP contribution in [-0.4, -0.2) is 21.0 Å². The molecule has 1 heterocycles. The van der Waals surface area contributed by atoms with E-state index in [2.05, 4.69) is 4.72 Å². The van der Waals surface area contributed by atoms with Crippen molar-refractivity contribution < 1.29 is 22.7 Å². The number of sulfonamides is 1. The van der Waals surface area contributed by atoms with Crippen molar-refractivity contribution in [2.24, 2.45) is 0 Å². The first-order valence-corrected chi connectivity index (χ1v) is 10.7. The molecule has 0 bridgehead atoms. The van der Waals surface area contributed by atoms with E-state index in [1.807, 2.05) is 13.0 Å². The van der Waals surface area contributed by atoms with Gasteiger partial charge in [-0.05, 0) is 67.1 Å². The van der Waals surface area contributed by atoms with Crippen molar-refractivity contribution in [1.82, 2.24) is 0 Å². The standard InChI is InChI=1S/C23H19NO5S/c1-16-2-10-20(11-3-16)30(26,27)24-19-8-6-18(7-9-19)21(25)12-4-17-5-13-22-23(14-17)29-15-28-22/h2-14,24H,15H2,1H3. The molecule has 0 saturated heterocycles. The molecular weight excluding hydrogens is 402 g/mol. The highest BCUT2D eigenvalue weighted by Crippen LogP contribution is 2.32. The van der Waals surface area contributed by atoms with Gasteiger partial charge in [-0.1, -0.05) is 29.8 Å². The Morgan fingerprint density at radius 3 is 2.37 bits per heavy atom. The molecule has 6 nitrogen and oxygen atoms in total. The lowest BCUT2D eigenvalue weighted by Crippen LogP contribution is -2.13. The Morgan fingerprint density at radius 2 is 1.63 bits per heavy atom. The quantitative estimate of drug-likeness (QED) is 0.471. The highest BCUT2D eigenvalue weighted by molar-refractivity contribution is 7.92. The Labute approximate surface area is 174 Å². The van der Waals surface area contributed by atoms with Crippen molar-refractivity contribution in [3.8, 4) is 11.5 Å². The molecule has 1 aliphatic heterocycles. The molecule has 3 aromatic rings. The summed E-state index contributed by atoms with van der Waals surface area (Å²) in [6.07, 6.45) is 3.15. The van der Waals surface area contributed by atoms with Gasteiger partial charge in [-0.15, -0.1) is 0 Å². The zero-order valence-electron chi connectivity index (χ0n) is 16.2. The fourth-order valence-corrected chi connectivity index (χ4v) is 3.98. The summed E-state index contributed by atoms with van der Waals surface area (Å²) in [5.41, 5.74) is 2.62. The molecule has 0 fully saturated rings. The van der Waals surface area contributed by atoms with E-state index < -0.39 is 10.0 Å². The Bertz CT molecular complexity index is 1210. The third kappa shape index (κ3) is 4.36. The number of hydrogen-bond donors (Lipinski definition) is 1. The average molecular weight is 421 g/mol. The minimum absolute atomic E-state index is 0.180. The zero-order valence-corrected chi connectivity index (χ0v) is 17.0. The first-order valence-electron chi connectivity index (χ1n) is 9.22. The number of anilines is 1. The molecule has 1 aliphatic rings. The van der Waals surface area contributed by atoms with Crippen LogP contribution >= 0.6 is 0 Å². The number of aryl methyl sites for hydroxylation is 1. The van der Waals surface area contributed by atoms with Gasteiger partial charge in [0.2, 0.25) is 6.79 Å². The van der Waals surface area contributed by atoms with Crippen molar-refractivity contribution in [2.45, 2.75) is 11.8 Å². The maximum Gasteiger partial charge on any atom is 0.261 e. The second-order valence-corrected chi connectivity index (χ2v) is 8.49. The van der Waals surface area contributed by atoms with Crippen LogP contribution in [0.4, 0.5) is 5.69 Å². The molecule has 30 heavy (non-hydrogen) atoms. The van der Waals surface area contributed by atoms with Gasteiger partial charge in [0.25, 0.3) is 10.0 Å². The van der Waals surface area contributed by atoms with E-state index in [9.17, 15) is 13.2 Å². The second-order valence-electron chi connectivity index (χ2n) is 6.81. The Balaban J connectivity index is 1.44. The van der Waals surface area contributed by atoms with E-state index in [4.69, 9.17) is 9.47 Å². The number of carbonyl (C=O) groups is 1. The molecule has 3 aromatic carbocycles. The van der Waals surface area contributed by atoms with Crippen LogP contribution in [0.5, 0.6) is 11.5 Å². The van der Waals surface area contributed by atoms with Crippen molar-refractivity contribution in [1.29, 1.82) is 0 Å². The lowest BCUT2D eigenvalue weighted by molar-refractivity contribution is 0.104. The summed E-state index contributed by atoms with van der Waals surface area (Å²) in [4.78, 5) is 12.6. The minimum atomic E-state index is -3.69. The molecule has 0 spiro atoms. The summed E-state index contributed by atoms with van der Waals surface area (Å²) in [6, 6.07) is 18.3. The molecule has 0 unspecified atom stereocenters. The highest BCUT2D eigenvalue weighted by Gasteiger charge is 2.14. The number of ketones is 1. The zero-order chi connectivity index (χ0) is 21.1. The van der Waals surface area contributed by atoms with Crippen molar-refractivity contribution in [3.63, 3.8) is 0 Å². The maximum atomic E-state index is 12.5. The SMILES string of the molecule is Cc1ccc(S(=O)(=O)Nc2ccc(C(=O)C=Cc3ccc4c(c3)OCO4)cc2)cc1. The van der Waals surface area contributed by atoms with Gasteiger partial charge in [-0.3, -0.25) is 9.52 Å². The largest absolute Gasteiger partial charge is 0.454 e. The Morgan fingerprint density at radius 1 is 0.933 bits per heavy atom. The fraction of sp³-hybridized carbons (Fsp3) is 0.0870. The molecular formula is C23H19NO5S. The van der Waals surface area contributed by atoms with Crippen LogP contribution in [0.2, 0.25) is 0 Å². The van der Waals surface area contributed by atoms with E-state index >= 15 is 0 Å². The number of allylic oxidation sites excluding steroid dienone is 1. The summed E-state index contributed by atoms with van der Waals surface area (Å²) in [5, 5.41) is 0. The number of carbonyl (C=O) groups excluding carboxylic acids is 1. The predicted octanol–water partition coefficient (Wildman–Crippen LogP) is 4.42. The van der Waals surface area contributed by atoms with Gasteiger partial charge in [0.1, 0.15) is 0 Å². The van der Waals surface area contributed by atoms with Gasteiger partial charge in [-0.2, -0.15) is 0 Å². The molecule has 4 rings (SSSR count). The third-order valence-corrected chi connectivity index (χ3v) is 5.97. The van der Waals surface area contributed by atoms with Gasteiger partial charge in [0, 0.05) is 11.3 Å². The molecule has 0 aliphatic carbocycles. The second kappa shape index (κ2) is 8.04.